The van der Waals surface area contributed by atoms with Gasteiger partial charge in [0.25, 0.3) is 0 Å². The van der Waals surface area contributed by atoms with Crippen molar-refractivity contribution in [3.63, 3.8) is 0 Å². The molecule has 0 unspecified atom stereocenters. The molecule has 1 N–H and O–H groups in total. The molecule has 0 radical (unpaired) electrons. The van der Waals surface area contributed by atoms with Crippen molar-refractivity contribution in [2.45, 2.75) is 65.8 Å². The van der Waals surface area contributed by atoms with E-state index in [4.69, 9.17) is 0 Å². The van der Waals surface area contributed by atoms with E-state index >= 15 is 0 Å². The van der Waals surface area contributed by atoms with Gasteiger partial charge in [0.1, 0.15) is 5.01 Å². The van der Waals surface area contributed by atoms with Crippen LogP contribution in [-0.2, 0) is 12.0 Å². The van der Waals surface area contributed by atoms with Gasteiger partial charge in [-0.25, -0.2) is 4.98 Å². The highest BCUT2D eigenvalue weighted by atomic mass is 32.1. The number of thiazole rings is 1. The normalized spacial score (nSPS) is 12.3. The van der Waals surface area contributed by atoms with E-state index in [9.17, 15) is 0 Å². The molecule has 0 bridgehead atoms. The summed E-state index contributed by atoms with van der Waals surface area (Å²) in [5.74, 6) is 0.832. The van der Waals surface area contributed by atoms with E-state index in [1.807, 2.05) is 0 Å². The van der Waals surface area contributed by atoms with Crippen molar-refractivity contribution in [3.8, 4) is 0 Å². The Morgan fingerprint density at radius 1 is 1.28 bits per heavy atom. The minimum absolute atomic E-state index is 0.173. The van der Waals surface area contributed by atoms with E-state index in [-0.39, 0.29) is 5.41 Å². The predicted molar refractivity (Wildman–Crippen MR) is 81.2 cm³/mol. The zero-order valence-corrected chi connectivity index (χ0v) is 13.4. The van der Waals surface area contributed by atoms with Crippen LogP contribution in [-0.4, -0.2) is 11.5 Å². The maximum Gasteiger partial charge on any atom is 0.107 e. The first kappa shape index (κ1) is 15.6. The summed E-state index contributed by atoms with van der Waals surface area (Å²) in [6.45, 7) is 13.2. The van der Waals surface area contributed by atoms with Crippen LogP contribution in [0.3, 0.4) is 0 Å². The maximum absolute atomic E-state index is 4.68. The minimum atomic E-state index is 0.173. The summed E-state index contributed by atoms with van der Waals surface area (Å²) in [4.78, 5) is 4.68. The molecule has 0 aliphatic carbocycles. The molecular formula is C15H28N2S. The van der Waals surface area contributed by atoms with Gasteiger partial charge >= 0.3 is 0 Å². The first-order valence-corrected chi connectivity index (χ1v) is 7.93. The van der Waals surface area contributed by atoms with Gasteiger partial charge in [-0.15, -0.1) is 11.3 Å². The number of nitrogens with one attached hydrogen (secondary N) is 1. The van der Waals surface area contributed by atoms with Gasteiger partial charge in [-0.05, 0) is 18.9 Å². The Balaban J connectivity index is 2.18. The third-order valence-electron chi connectivity index (χ3n) is 2.98. The number of hydrogen-bond acceptors (Lipinski definition) is 3. The average molecular weight is 268 g/mol. The van der Waals surface area contributed by atoms with E-state index in [2.05, 4.69) is 50.3 Å². The molecule has 0 saturated heterocycles. The molecule has 1 aromatic rings. The van der Waals surface area contributed by atoms with Gasteiger partial charge in [0.2, 0.25) is 0 Å². The van der Waals surface area contributed by atoms with Crippen molar-refractivity contribution in [1.82, 2.24) is 10.3 Å². The van der Waals surface area contributed by atoms with E-state index in [1.165, 1.54) is 30.0 Å². The van der Waals surface area contributed by atoms with Gasteiger partial charge in [-0.3, -0.25) is 0 Å². The lowest BCUT2D eigenvalue weighted by atomic mass is 9.93. The fraction of sp³-hybridized carbons (Fsp3) is 0.800. The second-order valence-electron chi connectivity index (χ2n) is 6.44. The molecule has 0 spiro atoms. The Hall–Kier alpha value is -0.410. The van der Waals surface area contributed by atoms with Crippen LogP contribution >= 0.6 is 11.3 Å². The SMILES string of the molecule is CC(C)CCCCNCc1nc(C(C)(C)C)cs1. The summed E-state index contributed by atoms with van der Waals surface area (Å²) in [6, 6.07) is 0. The summed E-state index contributed by atoms with van der Waals surface area (Å²) in [6.07, 6.45) is 3.94. The molecule has 1 heterocycles. The Morgan fingerprint density at radius 3 is 2.56 bits per heavy atom. The second kappa shape index (κ2) is 7.25. The van der Waals surface area contributed by atoms with Crippen molar-refractivity contribution in [2.75, 3.05) is 6.54 Å². The molecule has 0 fully saturated rings. The first-order valence-electron chi connectivity index (χ1n) is 7.05. The lowest BCUT2D eigenvalue weighted by molar-refractivity contribution is 0.519. The lowest BCUT2D eigenvalue weighted by Crippen LogP contribution is -2.16. The summed E-state index contributed by atoms with van der Waals surface area (Å²) < 4.78 is 0. The topological polar surface area (TPSA) is 24.9 Å². The van der Waals surface area contributed by atoms with Crippen LogP contribution in [0.25, 0.3) is 0 Å². The average Bonchev–Trinajstić information content (AvgIpc) is 2.71. The van der Waals surface area contributed by atoms with E-state index < -0.39 is 0 Å². The summed E-state index contributed by atoms with van der Waals surface area (Å²) in [7, 11) is 0. The van der Waals surface area contributed by atoms with Crippen LogP contribution in [0.1, 0.15) is 64.6 Å². The highest BCUT2D eigenvalue weighted by Gasteiger charge is 2.16. The van der Waals surface area contributed by atoms with Crippen LogP contribution in [0.4, 0.5) is 0 Å². The van der Waals surface area contributed by atoms with Crippen LogP contribution in [0.5, 0.6) is 0 Å². The molecule has 0 saturated carbocycles. The monoisotopic (exact) mass is 268 g/mol. The zero-order valence-electron chi connectivity index (χ0n) is 12.5. The number of unbranched alkanes of at least 4 members (excludes halogenated alkanes) is 1. The molecule has 0 aliphatic rings. The van der Waals surface area contributed by atoms with Crippen LogP contribution in [0.15, 0.2) is 5.38 Å². The maximum atomic E-state index is 4.68. The molecule has 104 valence electrons. The third-order valence-corrected chi connectivity index (χ3v) is 3.83. The van der Waals surface area contributed by atoms with Gasteiger partial charge in [-0.1, -0.05) is 47.5 Å². The first-order chi connectivity index (χ1) is 8.39. The van der Waals surface area contributed by atoms with Crippen LogP contribution < -0.4 is 5.32 Å². The smallest absolute Gasteiger partial charge is 0.107 e. The van der Waals surface area contributed by atoms with Gasteiger partial charge in [-0.2, -0.15) is 0 Å². The van der Waals surface area contributed by atoms with Gasteiger partial charge < -0.3 is 5.32 Å². The summed E-state index contributed by atoms with van der Waals surface area (Å²) in [5.41, 5.74) is 1.38. The van der Waals surface area contributed by atoms with Crippen molar-refractivity contribution >= 4 is 11.3 Å². The van der Waals surface area contributed by atoms with Crippen molar-refractivity contribution in [3.05, 3.63) is 16.1 Å². The molecule has 18 heavy (non-hydrogen) atoms. The molecule has 0 aromatic carbocycles. The molecule has 3 heteroatoms. The molecule has 0 atom stereocenters. The van der Waals surface area contributed by atoms with E-state index in [1.54, 1.807) is 11.3 Å². The molecular weight excluding hydrogens is 240 g/mol. The molecule has 0 aliphatic heterocycles. The predicted octanol–water partition coefficient (Wildman–Crippen LogP) is 4.36. The Morgan fingerprint density at radius 2 is 2.00 bits per heavy atom. The van der Waals surface area contributed by atoms with Gasteiger partial charge in [0.15, 0.2) is 0 Å². The Kier molecular flexibility index (Phi) is 6.30. The van der Waals surface area contributed by atoms with E-state index in [0.29, 0.717) is 0 Å². The van der Waals surface area contributed by atoms with Crippen molar-refractivity contribution in [1.29, 1.82) is 0 Å². The highest BCUT2D eigenvalue weighted by molar-refractivity contribution is 7.09. The molecule has 2 nitrogen and oxygen atoms in total. The fourth-order valence-corrected chi connectivity index (χ4v) is 2.72. The van der Waals surface area contributed by atoms with Crippen LogP contribution in [0.2, 0.25) is 0 Å². The minimum Gasteiger partial charge on any atom is -0.310 e. The van der Waals surface area contributed by atoms with Gasteiger partial charge in [0, 0.05) is 17.3 Å². The molecule has 1 aromatic heterocycles. The standard InChI is InChI=1S/C15H28N2S/c1-12(2)8-6-7-9-16-10-14-17-13(11-18-14)15(3,4)5/h11-12,16H,6-10H2,1-5H3. The van der Waals surface area contributed by atoms with Crippen molar-refractivity contribution < 1.29 is 0 Å². The lowest BCUT2D eigenvalue weighted by Gasteiger charge is -2.14. The number of aromatic nitrogens is 1. The second-order valence-corrected chi connectivity index (χ2v) is 7.39. The summed E-state index contributed by atoms with van der Waals surface area (Å²) >= 11 is 1.77. The number of nitrogens with zero attached hydrogens (tertiary/aromatic N) is 1. The fourth-order valence-electron chi connectivity index (χ4n) is 1.73. The van der Waals surface area contributed by atoms with Crippen molar-refractivity contribution in [2.24, 2.45) is 5.92 Å². The third kappa shape index (κ3) is 5.96. The largest absolute Gasteiger partial charge is 0.310 e. The van der Waals surface area contributed by atoms with E-state index in [0.717, 1.165) is 19.0 Å². The Bertz CT molecular complexity index is 337. The van der Waals surface area contributed by atoms with Crippen LogP contribution in [0, 0.1) is 5.92 Å². The highest BCUT2D eigenvalue weighted by Crippen LogP contribution is 2.23. The molecule has 1 rings (SSSR count). The van der Waals surface area contributed by atoms with Gasteiger partial charge in [0.05, 0.1) is 5.69 Å². The summed E-state index contributed by atoms with van der Waals surface area (Å²) in [5, 5.41) is 6.89. The quantitative estimate of drug-likeness (QED) is 0.743. The number of hydrogen-bond donors (Lipinski definition) is 1. The Labute approximate surface area is 116 Å². The zero-order chi connectivity index (χ0) is 13.6. The number of rotatable bonds is 7. The molecule has 0 amide bonds.